The number of nitrogens with one attached hydrogen (secondary N) is 2. The Balaban J connectivity index is 0.00000243. The SMILES string of the molecule is CC(C)c1nn(CC(=O)N[C@@H]2CCCNC2)c(=O)c2ccc(Br)cc12.Cl. The summed E-state index contributed by atoms with van der Waals surface area (Å²) >= 11 is 3.45. The summed E-state index contributed by atoms with van der Waals surface area (Å²) in [6.07, 6.45) is 2.01. The van der Waals surface area contributed by atoms with Gasteiger partial charge in [-0.1, -0.05) is 29.8 Å². The molecular formula is C18H24BrClN4O2. The molecule has 1 saturated heterocycles. The normalized spacial score (nSPS) is 17.2. The van der Waals surface area contributed by atoms with Crippen molar-refractivity contribution in [2.45, 2.75) is 45.2 Å². The summed E-state index contributed by atoms with van der Waals surface area (Å²) in [5, 5.41) is 12.2. The van der Waals surface area contributed by atoms with Gasteiger partial charge in [-0.25, -0.2) is 4.68 Å². The van der Waals surface area contributed by atoms with E-state index in [1.807, 2.05) is 26.0 Å². The Labute approximate surface area is 167 Å². The summed E-state index contributed by atoms with van der Waals surface area (Å²) in [4.78, 5) is 25.1. The molecule has 1 aliphatic rings. The molecule has 2 heterocycles. The number of halogens is 2. The number of benzene rings is 1. The molecule has 2 aromatic rings. The standard InChI is InChI=1S/C18H23BrN4O2.ClH/c1-11(2)17-15-8-12(19)5-6-14(15)18(25)23(22-17)10-16(24)21-13-4-3-7-20-9-13;/h5-6,8,11,13,20H,3-4,7,9-10H2,1-2H3,(H,21,24);1H/t13-;/m1./s1. The van der Waals surface area contributed by atoms with Gasteiger partial charge in [0, 0.05) is 22.4 Å². The Morgan fingerprint density at radius 3 is 2.85 bits per heavy atom. The summed E-state index contributed by atoms with van der Waals surface area (Å²) in [7, 11) is 0. The monoisotopic (exact) mass is 442 g/mol. The van der Waals surface area contributed by atoms with Gasteiger partial charge < -0.3 is 10.6 Å². The average molecular weight is 444 g/mol. The van der Waals surface area contributed by atoms with Crippen molar-refractivity contribution in [3.63, 3.8) is 0 Å². The first-order valence-corrected chi connectivity index (χ1v) is 9.45. The summed E-state index contributed by atoms with van der Waals surface area (Å²) in [6, 6.07) is 5.66. The number of carbonyl (C=O) groups is 1. The zero-order valence-corrected chi connectivity index (χ0v) is 17.3. The molecule has 0 spiro atoms. The lowest BCUT2D eigenvalue weighted by atomic mass is 10.0. The Kier molecular flexibility index (Phi) is 7.20. The molecule has 26 heavy (non-hydrogen) atoms. The van der Waals surface area contributed by atoms with Gasteiger partial charge in [-0.3, -0.25) is 9.59 Å². The predicted octanol–water partition coefficient (Wildman–Crippen LogP) is 2.57. The molecule has 1 atom stereocenters. The Hall–Kier alpha value is -1.44. The van der Waals surface area contributed by atoms with Crippen molar-refractivity contribution in [1.82, 2.24) is 20.4 Å². The van der Waals surface area contributed by atoms with Gasteiger partial charge in [0.2, 0.25) is 5.91 Å². The molecule has 3 rings (SSSR count). The summed E-state index contributed by atoms with van der Waals surface area (Å²) in [5.74, 6) is -0.0243. The zero-order chi connectivity index (χ0) is 18.0. The number of hydrogen-bond donors (Lipinski definition) is 2. The van der Waals surface area contributed by atoms with Gasteiger partial charge in [-0.2, -0.15) is 5.10 Å². The van der Waals surface area contributed by atoms with Gasteiger partial charge in [-0.15, -0.1) is 12.4 Å². The molecule has 8 heteroatoms. The highest BCUT2D eigenvalue weighted by molar-refractivity contribution is 9.10. The second kappa shape index (κ2) is 8.97. The van der Waals surface area contributed by atoms with Gasteiger partial charge in [0.15, 0.2) is 0 Å². The first-order valence-electron chi connectivity index (χ1n) is 8.66. The molecule has 1 fully saturated rings. The first-order chi connectivity index (χ1) is 12.0. The minimum atomic E-state index is -0.233. The van der Waals surface area contributed by atoms with Gasteiger partial charge in [0.1, 0.15) is 6.54 Å². The van der Waals surface area contributed by atoms with Crippen LogP contribution in [0.4, 0.5) is 0 Å². The molecular weight excluding hydrogens is 420 g/mol. The van der Waals surface area contributed by atoms with Crippen molar-refractivity contribution in [1.29, 1.82) is 0 Å². The third kappa shape index (κ3) is 4.64. The van der Waals surface area contributed by atoms with E-state index in [4.69, 9.17) is 0 Å². The smallest absolute Gasteiger partial charge is 0.275 e. The van der Waals surface area contributed by atoms with E-state index in [9.17, 15) is 9.59 Å². The van der Waals surface area contributed by atoms with Gasteiger partial charge in [0.25, 0.3) is 5.56 Å². The van der Waals surface area contributed by atoms with E-state index in [0.717, 1.165) is 41.5 Å². The minimum absolute atomic E-state index is 0. The molecule has 0 unspecified atom stereocenters. The third-order valence-electron chi connectivity index (χ3n) is 4.45. The number of hydrogen-bond acceptors (Lipinski definition) is 4. The fraction of sp³-hybridized carbons (Fsp3) is 0.500. The van der Waals surface area contributed by atoms with Crippen LogP contribution in [0.1, 0.15) is 38.3 Å². The van der Waals surface area contributed by atoms with Crippen LogP contribution < -0.4 is 16.2 Å². The maximum atomic E-state index is 12.7. The van der Waals surface area contributed by atoms with Crippen LogP contribution in [-0.2, 0) is 11.3 Å². The quantitative estimate of drug-likeness (QED) is 0.761. The molecule has 0 saturated carbocycles. The summed E-state index contributed by atoms with van der Waals surface area (Å²) in [6.45, 7) is 5.78. The minimum Gasteiger partial charge on any atom is -0.350 e. The molecule has 1 aliphatic heterocycles. The van der Waals surface area contributed by atoms with Crippen molar-refractivity contribution in [2.24, 2.45) is 0 Å². The molecule has 0 radical (unpaired) electrons. The molecule has 0 aliphatic carbocycles. The van der Waals surface area contributed by atoms with Crippen LogP contribution in [0.25, 0.3) is 10.8 Å². The van der Waals surface area contributed by atoms with Crippen LogP contribution in [0.15, 0.2) is 27.5 Å². The molecule has 1 aromatic heterocycles. The van der Waals surface area contributed by atoms with Crippen LogP contribution in [0.5, 0.6) is 0 Å². The van der Waals surface area contributed by atoms with E-state index < -0.39 is 0 Å². The predicted molar refractivity (Wildman–Crippen MR) is 109 cm³/mol. The fourth-order valence-corrected chi connectivity index (χ4v) is 3.56. The Bertz CT molecular complexity index is 847. The number of nitrogens with zero attached hydrogens (tertiary/aromatic N) is 2. The number of fused-ring (bicyclic) bond motifs is 1. The number of rotatable bonds is 4. The number of carbonyl (C=O) groups excluding carboxylic acids is 1. The molecule has 0 bridgehead atoms. The summed E-state index contributed by atoms with van der Waals surface area (Å²) in [5.41, 5.74) is 0.590. The van der Waals surface area contributed by atoms with Crippen molar-refractivity contribution in [3.05, 3.63) is 38.7 Å². The van der Waals surface area contributed by atoms with E-state index in [1.165, 1.54) is 4.68 Å². The maximum Gasteiger partial charge on any atom is 0.275 e. The van der Waals surface area contributed by atoms with Crippen molar-refractivity contribution in [2.75, 3.05) is 13.1 Å². The zero-order valence-electron chi connectivity index (χ0n) is 14.9. The molecule has 1 aromatic carbocycles. The Morgan fingerprint density at radius 2 is 2.19 bits per heavy atom. The largest absolute Gasteiger partial charge is 0.350 e. The van der Waals surface area contributed by atoms with Crippen LogP contribution in [0.3, 0.4) is 0 Å². The van der Waals surface area contributed by atoms with E-state index in [1.54, 1.807) is 6.07 Å². The van der Waals surface area contributed by atoms with Gasteiger partial charge in [0.05, 0.1) is 11.1 Å². The van der Waals surface area contributed by atoms with Gasteiger partial charge in [-0.05, 0) is 43.5 Å². The van der Waals surface area contributed by atoms with Crippen molar-refractivity contribution < 1.29 is 4.79 Å². The highest BCUT2D eigenvalue weighted by Crippen LogP contribution is 2.24. The fourth-order valence-electron chi connectivity index (χ4n) is 3.20. The first kappa shape index (κ1) is 20.9. The molecule has 6 nitrogen and oxygen atoms in total. The van der Waals surface area contributed by atoms with E-state index in [2.05, 4.69) is 31.7 Å². The second-order valence-electron chi connectivity index (χ2n) is 6.80. The topological polar surface area (TPSA) is 76.0 Å². The Morgan fingerprint density at radius 1 is 1.42 bits per heavy atom. The van der Waals surface area contributed by atoms with Crippen molar-refractivity contribution in [3.8, 4) is 0 Å². The highest BCUT2D eigenvalue weighted by Gasteiger charge is 2.18. The lowest BCUT2D eigenvalue weighted by Crippen LogP contribution is -2.47. The van der Waals surface area contributed by atoms with Crippen molar-refractivity contribution >= 4 is 45.0 Å². The molecule has 142 valence electrons. The van der Waals surface area contributed by atoms with E-state index in [-0.39, 0.29) is 42.4 Å². The van der Waals surface area contributed by atoms with E-state index >= 15 is 0 Å². The second-order valence-corrected chi connectivity index (χ2v) is 7.72. The lowest BCUT2D eigenvalue weighted by Gasteiger charge is -2.24. The maximum absolute atomic E-state index is 12.7. The molecule has 2 N–H and O–H groups in total. The average Bonchev–Trinajstić information content (AvgIpc) is 2.57. The van der Waals surface area contributed by atoms with Gasteiger partial charge >= 0.3 is 0 Å². The van der Waals surface area contributed by atoms with Crippen LogP contribution >= 0.6 is 28.3 Å². The number of aromatic nitrogens is 2. The molecule has 1 amide bonds. The third-order valence-corrected chi connectivity index (χ3v) is 4.95. The van der Waals surface area contributed by atoms with Crippen LogP contribution in [0, 0.1) is 0 Å². The number of piperidine rings is 1. The van der Waals surface area contributed by atoms with Crippen LogP contribution in [-0.4, -0.2) is 34.8 Å². The lowest BCUT2D eigenvalue weighted by molar-refractivity contribution is -0.122. The number of amides is 1. The van der Waals surface area contributed by atoms with Crippen LogP contribution in [0.2, 0.25) is 0 Å². The summed E-state index contributed by atoms with van der Waals surface area (Å²) < 4.78 is 2.19. The highest BCUT2D eigenvalue weighted by atomic mass is 79.9. The van der Waals surface area contributed by atoms with E-state index in [0.29, 0.717) is 5.39 Å².